The van der Waals surface area contributed by atoms with Gasteiger partial charge in [-0.2, -0.15) is 0 Å². The number of anilines is 1. The highest BCUT2D eigenvalue weighted by Gasteiger charge is 2.15. The third-order valence-corrected chi connectivity index (χ3v) is 5.11. The number of amides is 2. The van der Waals surface area contributed by atoms with Crippen LogP contribution in [0.15, 0.2) is 60.8 Å². The second-order valence-electron chi connectivity index (χ2n) is 7.65. The Bertz CT molecular complexity index is 1130. The number of halogens is 1. The van der Waals surface area contributed by atoms with Crippen LogP contribution in [0, 0.1) is 5.82 Å². The lowest BCUT2D eigenvalue weighted by Gasteiger charge is -2.17. The predicted octanol–water partition coefficient (Wildman–Crippen LogP) is 4.37. The van der Waals surface area contributed by atoms with Gasteiger partial charge in [0.2, 0.25) is 17.7 Å². The molecule has 7 nitrogen and oxygen atoms in total. The Morgan fingerprint density at radius 2 is 1.88 bits per heavy atom. The Kier molecular flexibility index (Phi) is 7.14. The van der Waals surface area contributed by atoms with Crippen molar-refractivity contribution < 1.29 is 23.5 Å². The van der Waals surface area contributed by atoms with Crippen molar-refractivity contribution in [1.29, 1.82) is 0 Å². The molecule has 4 rings (SSSR count). The molecule has 1 aliphatic rings. The van der Waals surface area contributed by atoms with Gasteiger partial charge in [0.05, 0.1) is 6.61 Å². The Morgan fingerprint density at radius 1 is 1.06 bits per heavy atom. The molecule has 0 radical (unpaired) electrons. The summed E-state index contributed by atoms with van der Waals surface area (Å²) in [7, 11) is 0. The molecule has 0 saturated carbocycles. The molecule has 2 amide bonds. The lowest BCUT2D eigenvalue weighted by Crippen LogP contribution is -2.23. The molecule has 3 aromatic rings. The third kappa shape index (κ3) is 6.52. The Morgan fingerprint density at radius 3 is 2.73 bits per heavy atom. The van der Waals surface area contributed by atoms with Crippen molar-refractivity contribution in [1.82, 2.24) is 10.3 Å². The van der Waals surface area contributed by atoms with E-state index in [0.29, 0.717) is 50.5 Å². The molecule has 2 aromatic carbocycles. The van der Waals surface area contributed by atoms with Crippen molar-refractivity contribution >= 4 is 17.5 Å². The second-order valence-corrected chi connectivity index (χ2v) is 7.65. The van der Waals surface area contributed by atoms with Gasteiger partial charge in [-0.25, -0.2) is 9.37 Å². The minimum absolute atomic E-state index is 0.0329. The minimum atomic E-state index is -0.338. The first-order valence-corrected chi connectivity index (χ1v) is 10.8. The third-order valence-electron chi connectivity index (χ3n) is 5.11. The van der Waals surface area contributed by atoms with Crippen LogP contribution in [0.2, 0.25) is 0 Å². The van der Waals surface area contributed by atoms with Gasteiger partial charge in [-0.1, -0.05) is 0 Å². The first-order valence-electron chi connectivity index (χ1n) is 10.8. The molecule has 1 aliphatic heterocycles. The van der Waals surface area contributed by atoms with Crippen LogP contribution in [0.4, 0.5) is 10.1 Å². The lowest BCUT2D eigenvalue weighted by molar-refractivity contribution is -0.121. The van der Waals surface area contributed by atoms with E-state index in [0.717, 1.165) is 22.6 Å². The van der Waals surface area contributed by atoms with E-state index in [1.807, 2.05) is 18.2 Å². The average molecular weight is 449 g/mol. The number of hydrogen-bond donors (Lipinski definition) is 2. The Hall–Kier alpha value is -3.94. The summed E-state index contributed by atoms with van der Waals surface area (Å²) >= 11 is 0. The van der Waals surface area contributed by atoms with Crippen LogP contribution in [-0.4, -0.2) is 23.4 Å². The Labute approximate surface area is 190 Å². The van der Waals surface area contributed by atoms with Gasteiger partial charge in [-0.3, -0.25) is 9.59 Å². The largest absolute Gasteiger partial charge is 0.494 e. The SMILES string of the molecule is O=C(CCCOc1ccc2c(c1)CCC(=O)N2)NCc1ccnc(Oc2ccc(F)cc2)c1. The molecule has 2 N–H and O–H groups in total. The molecule has 0 atom stereocenters. The monoisotopic (exact) mass is 449 g/mol. The minimum Gasteiger partial charge on any atom is -0.494 e. The summed E-state index contributed by atoms with van der Waals surface area (Å²) in [6, 6.07) is 14.8. The molecule has 0 bridgehead atoms. The molecule has 1 aromatic heterocycles. The maximum absolute atomic E-state index is 13.0. The van der Waals surface area contributed by atoms with Crippen LogP contribution in [0.5, 0.6) is 17.4 Å². The molecule has 8 heteroatoms. The number of nitrogens with one attached hydrogen (secondary N) is 2. The zero-order valence-electron chi connectivity index (χ0n) is 18.0. The smallest absolute Gasteiger partial charge is 0.224 e. The highest BCUT2D eigenvalue weighted by molar-refractivity contribution is 5.94. The van der Waals surface area contributed by atoms with E-state index in [4.69, 9.17) is 9.47 Å². The number of pyridine rings is 1. The molecule has 0 aliphatic carbocycles. The number of aromatic nitrogens is 1. The first-order chi connectivity index (χ1) is 16.0. The standard InChI is InChI=1S/C25H24FN3O4/c26-19-4-6-20(7-5-19)33-25-14-17(11-12-27-25)16-28-23(30)2-1-13-32-21-8-9-22-18(15-21)3-10-24(31)29-22/h4-9,11-12,14-15H,1-3,10,13,16H2,(H,28,30)(H,29,31). The van der Waals surface area contributed by atoms with Crippen LogP contribution in [0.3, 0.4) is 0 Å². The molecule has 0 unspecified atom stereocenters. The van der Waals surface area contributed by atoms with Gasteiger partial charge >= 0.3 is 0 Å². The van der Waals surface area contributed by atoms with Gasteiger partial charge in [0.25, 0.3) is 0 Å². The highest BCUT2D eigenvalue weighted by atomic mass is 19.1. The second kappa shape index (κ2) is 10.6. The quantitative estimate of drug-likeness (QED) is 0.474. The molecule has 0 spiro atoms. The number of benzene rings is 2. The van der Waals surface area contributed by atoms with E-state index in [-0.39, 0.29) is 17.6 Å². The van der Waals surface area contributed by atoms with E-state index in [9.17, 15) is 14.0 Å². The highest BCUT2D eigenvalue weighted by Crippen LogP contribution is 2.27. The molecule has 0 fully saturated rings. The van der Waals surface area contributed by atoms with Crippen molar-refractivity contribution in [2.24, 2.45) is 0 Å². The van der Waals surface area contributed by atoms with Gasteiger partial charge in [0.15, 0.2) is 0 Å². The molecule has 2 heterocycles. The molecule has 0 saturated heterocycles. The topological polar surface area (TPSA) is 89.6 Å². The van der Waals surface area contributed by atoms with Crippen LogP contribution >= 0.6 is 0 Å². The first kappa shape index (κ1) is 22.3. The maximum atomic E-state index is 13.0. The van der Waals surface area contributed by atoms with E-state index >= 15 is 0 Å². The van der Waals surface area contributed by atoms with Crippen LogP contribution < -0.4 is 20.1 Å². The number of nitrogens with zero attached hydrogens (tertiary/aromatic N) is 1. The van der Waals surface area contributed by atoms with Crippen molar-refractivity contribution in [2.75, 3.05) is 11.9 Å². The summed E-state index contributed by atoms with van der Waals surface area (Å²) in [5.74, 6) is 1.20. The van der Waals surface area contributed by atoms with E-state index in [1.54, 1.807) is 18.3 Å². The van der Waals surface area contributed by atoms with Crippen LogP contribution in [0.1, 0.15) is 30.4 Å². The number of ether oxygens (including phenoxy) is 2. The molecular formula is C25H24FN3O4. The number of rotatable bonds is 9. The van der Waals surface area contributed by atoms with E-state index in [1.165, 1.54) is 24.3 Å². The number of fused-ring (bicyclic) bond motifs is 1. The van der Waals surface area contributed by atoms with Crippen molar-refractivity contribution in [3.8, 4) is 17.4 Å². The van der Waals surface area contributed by atoms with Gasteiger partial charge in [0, 0.05) is 37.3 Å². The molecule has 170 valence electrons. The summed E-state index contributed by atoms with van der Waals surface area (Å²) in [6.45, 7) is 0.766. The average Bonchev–Trinajstić information content (AvgIpc) is 2.82. The number of carbonyl (C=O) groups is 2. The fourth-order valence-electron chi connectivity index (χ4n) is 3.40. The summed E-state index contributed by atoms with van der Waals surface area (Å²) in [5, 5.41) is 5.72. The zero-order valence-corrected chi connectivity index (χ0v) is 18.0. The van der Waals surface area contributed by atoms with Crippen molar-refractivity contribution in [2.45, 2.75) is 32.2 Å². The summed E-state index contributed by atoms with van der Waals surface area (Å²) in [4.78, 5) is 27.7. The number of aryl methyl sites for hydroxylation is 1. The Balaban J connectivity index is 1.18. The van der Waals surface area contributed by atoms with Gasteiger partial charge in [0.1, 0.15) is 17.3 Å². The van der Waals surface area contributed by atoms with E-state index in [2.05, 4.69) is 15.6 Å². The fraction of sp³-hybridized carbons (Fsp3) is 0.240. The lowest BCUT2D eigenvalue weighted by atomic mass is 10.0. The van der Waals surface area contributed by atoms with Crippen molar-refractivity contribution in [3.63, 3.8) is 0 Å². The predicted molar refractivity (Wildman–Crippen MR) is 121 cm³/mol. The fourth-order valence-corrected chi connectivity index (χ4v) is 3.40. The molecular weight excluding hydrogens is 425 g/mol. The maximum Gasteiger partial charge on any atom is 0.224 e. The van der Waals surface area contributed by atoms with Gasteiger partial charge in [-0.05, 0) is 72.5 Å². The van der Waals surface area contributed by atoms with Crippen molar-refractivity contribution in [3.05, 3.63) is 77.7 Å². The summed E-state index contributed by atoms with van der Waals surface area (Å²) in [6.07, 6.45) is 3.69. The van der Waals surface area contributed by atoms with Crippen LogP contribution in [0.25, 0.3) is 0 Å². The zero-order chi connectivity index (χ0) is 23.0. The molecule has 33 heavy (non-hydrogen) atoms. The normalized spacial score (nSPS) is 12.5. The summed E-state index contributed by atoms with van der Waals surface area (Å²) in [5.41, 5.74) is 2.73. The number of carbonyl (C=O) groups excluding carboxylic acids is 2. The van der Waals surface area contributed by atoms with Gasteiger partial charge in [-0.15, -0.1) is 0 Å². The van der Waals surface area contributed by atoms with E-state index < -0.39 is 0 Å². The van der Waals surface area contributed by atoms with Gasteiger partial charge < -0.3 is 20.1 Å². The summed E-state index contributed by atoms with van der Waals surface area (Å²) < 4.78 is 24.4. The van der Waals surface area contributed by atoms with Crippen LogP contribution in [-0.2, 0) is 22.6 Å². The number of hydrogen-bond acceptors (Lipinski definition) is 5.